The molecule has 3 aromatic heterocycles. The predicted octanol–water partition coefficient (Wildman–Crippen LogP) is 3.89. The minimum atomic E-state index is -3.65. The van der Waals surface area contributed by atoms with Gasteiger partial charge in [0.25, 0.3) is 10.0 Å². The molecule has 0 fully saturated rings. The number of nitrogens with one attached hydrogen (secondary N) is 1. The van der Waals surface area contributed by atoms with Crippen molar-refractivity contribution in [3.8, 4) is 11.4 Å². The van der Waals surface area contributed by atoms with Crippen molar-refractivity contribution in [2.75, 3.05) is 4.72 Å². The first-order chi connectivity index (χ1) is 13.5. The van der Waals surface area contributed by atoms with Gasteiger partial charge in [-0.2, -0.15) is 4.98 Å². The third-order valence-corrected chi connectivity index (χ3v) is 6.85. The van der Waals surface area contributed by atoms with Crippen LogP contribution in [0.3, 0.4) is 0 Å². The summed E-state index contributed by atoms with van der Waals surface area (Å²) in [6.45, 7) is 1.87. The highest BCUT2D eigenvalue weighted by Crippen LogP contribution is 2.26. The number of sulfonamides is 1. The average molecular weight is 412 g/mol. The molecule has 4 rings (SSSR count). The van der Waals surface area contributed by atoms with E-state index in [9.17, 15) is 8.42 Å². The fraction of sp³-hybridized carbons (Fsp3) is 0.105. The van der Waals surface area contributed by atoms with Gasteiger partial charge >= 0.3 is 0 Å². The molecule has 0 amide bonds. The molecular formula is C19H16N4O3S2. The van der Waals surface area contributed by atoms with Gasteiger partial charge in [-0.1, -0.05) is 23.4 Å². The Morgan fingerprint density at radius 1 is 1.07 bits per heavy atom. The standard InChI is InChI=1S/C19H16N4O3S2/c1-13-6-7-18(27-13)28(24,25)23-16-5-3-2-4-15(16)12-17-21-19(22-26-17)14-8-10-20-11-9-14/h2-11,23H,12H2,1H3. The van der Waals surface area contributed by atoms with Crippen LogP contribution in [0.4, 0.5) is 5.69 Å². The Morgan fingerprint density at radius 2 is 1.86 bits per heavy atom. The third-order valence-electron chi connectivity index (χ3n) is 3.99. The van der Waals surface area contributed by atoms with Crippen LogP contribution in [0, 0.1) is 6.92 Å². The van der Waals surface area contributed by atoms with E-state index >= 15 is 0 Å². The van der Waals surface area contributed by atoms with Gasteiger partial charge in [-0.15, -0.1) is 11.3 Å². The Kier molecular flexibility index (Phi) is 4.93. The van der Waals surface area contributed by atoms with Gasteiger partial charge in [0, 0.05) is 22.8 Å². The predicted molar refractivity (Wildman–Crippen MR) is 107 cm³/mol. The Bertz CT molecular complexity index is 1200. The van der Waals surface area contributed by atoms with E-state index in [0.29, 0.717) is 23.8 Å². The summed E-state index contributed by atoms with van der Waals surface area (Å²) in [6.07, 6.45) is 3.61. The highest BCUT2D eigenvalue weighted by molar-refractivity contribution is 7.94. The van der Waals surface area contributed by atoms with Crippen LogP contribution >= 0.6 is 11.3 Å². The normalized spacial score (nSPS) is 11.5. The first-order valence-electron chi connectivity index (χ1n) is 8.41. The lowest BCUT2D eigenvalue weighted by molar-refractivity contribution is 0.386. The molecule has 4 aromatic rings. The number of pyridine rings is 1. The number of hydrogen-bond donors (Lipinski definition) is 1. The molecule has 7 nitrogen and oxygen atoms in total. The fourth-order valence-corrected chi connectivity index (χ4v) is 5.02. The molecule has 0 aliphatic heterocycles. The number of aromatic nitrogens is 3. The number of thiophene rings is 1. The largest absolute Gasteiger partial charge is 0.339 e. The van der Waals surface area contributed by atoms with E-state index < -0.39 is 10.0 Å². The zero-order valence-electron chi connectivity index (χ0n) is 14.9. The van der Waals surface area contributed by atoms with Crippen LogP contribution < -0.4 is 4.72 Å². The Hall–Kier alpha value is -3.04. The van der Waals surface area contributed by atoms with Gasteiger partial charge in [0.15, 0.2) is 0 Å². The van der Waals surface area contributed by atoms with E-state index in [1.807, 2.05) is 19.1 Å². The van der Waals surface area contributed by atoms with Crippen LogP contribution in [-0.2, 0) is 16.4 Å². The molecule has 0 aliphatic carbocycles. The van der Waals surface area contributed by atoms with Crippen LogP contribution in [0.25, 0.3) is 11.4 Å². The van der Waals surface area contributed by atoms with Crippen LogP contribution in [0.2, 0.25) is 0 Å². The van der Waals surface area contributed by atoms with Crippen LogP contribution in [-0.4, -0.2) is 23.5 Å². The SMILES string of the molecule is Cc1ccc(S(=O)(=O)Nc2ccccc2Cc2nc(-c3ccncc3)no2)s1. The highest BCUT2D eigenvalue weighted by Gasteiger charge is 2.19. The van der Waals surface area contributed by atoms with Gasteiger partial charge in [-0.25, -0.2) is 8.42 Å². The number of hydrogen-bond acceptors (Lipinski definition) is 7. The molecule has 0 bridgehead atoms. The number of benzene rings is 1. The fourth-order valence-electron chi connectivity index (χ4n) is 2.63. The van der Waals surface area contributed by atoms with E-state index in [1.54, 1.807) is 48.8 Å². The summed E-state index contributed by atoms with van der Waals surface area (Å²) in [7, 11) is -3.65. The van der Waals surface area contributed by atoms with Crippen molar-refractivity contribution in [3.63, 3.8) is 0 Å². The molecule has 28 heavy (non-hydrogen) atoms. The maximum absolute atomic E-state index is 12.7. The number of para-hydroxylation sites is 1. The molecule has 0 unspecified atom stereocenters. The van der Waals surface area contributed by atoms with Crippen LogP contribution in [0.15, 0.2) is 69.7 Å². The molecule has 0 atom stereocenters. The van der Waals surface area contributed by atoms with Crippen molar-refractivity contribution in [1.29, 1.82) is 0 Å². The molecule has 9 heteroatoms. The first kappa shape index (κ1) is 18.3. The van der Waals surface area contributed by atoms with Crippen molar-refractivity contribution < 1.29 is 12.9 Å². The first-order valence-corrected chi connectivity index (χ1v) is 10.7. The molecule has 1 aromatic carbocycles. The van der Waals surface area contributed by atoms with Crippen molar-refractivity contribution in [2.24, 2.45) is 0 Å². The van der Waals surface area contributed by atoms with Crippen molar-refractivity contribution in [2.45, 2.75) is 17.6 Å². The quantitative estimate of drug-likeness (QED) is 0.516. The molecule has 142 valence electrons. The van der Waals surface area contributed by atoms with Gasteiger partial charge in [0.2, 0.25) is 11.7 Å². The second-order valence-corrected chi connectivity index (χ2v) is 9.25. The van der Waals surface area contributed by atoms with Crippen LogP contribution in [0.5, 0.6) is 0 Å². The Labute approximate surface area is 166 Å². The summed E-state index contributed by atoms with van der Waals surface area (Å²) >= 11 is 1.23. The summed E-state index contributed by atoms with van der Waals surface area (Å²) < 4.78 is 33.6. The second kappa shape index (κ2) is 7.53. The summed E-state index contributed by atoms with van der Waals surface area (Å²) in [5.74, 6) is 0.856. The van der Waals surface area contributed by atoms with Crippen molar-refractivity contribution in [1.82, 2.24) is 15.1 Å². The zero-order chi connectivity index (χ0) is 19.6. The molecule has 0 aliphatic rings. The van der Waals surface area contributed by atoms with Gasteiger partial charge in [-0.05, 0) is 42.8 Å². The maximum atomic E-state index is 12.7. The number of aryl methyl sites for hydroxylation is 1. The monoisotopic (exact) mass is 412 g/mol. The molecule has 1 N–H and O–H groups in total. The molecule has 0 radical (unpaired) electrons. The smallest absolute Gasteiger partial charge is 0.271 e. The number of rotatable bonds is 6. The molecule has 0 saturated carbocycles. The highest BCUT2D eigenvalue weighted by atomic mass is 32.2. The lowest BCUT2D eigenvalue weighted by atomic mass is 10.1. The lowest BCUT2D eigenvalue weighted by Crippen LogP contribution is -2.13. The zero-order valence-corrected chi connectivity index (χ0v) is 16.5. The lowest BCUT2D eigenvalue weighted by Gasteiger charge is -2.10. The average Bonchev–Trinajstić information content (AvgIpc) is 3.33. The van der Waals surface area contributed by atoms with Gasteiger partial charge < -0.3 is 4.52 Å². The molecule has 3 heterocycles. The summed E-state index contributed by atoms with van der Waals surface area (Å²) in [6, 6.07) is 14.1. The van der Waals surface area contributed by atoms with E-state index in [-0.39, 0.29) is 4.21 Å². The van der Waals surface area contributed by atoms with E-state index in [4.69, 9.17) is 4.52 Å². The van der Waals surface area contributed by atoms with Gasteiger partial charge in [0.1, 0.15) is 4.21 Å². The number of anilines is 1. The molecular weight excluding hydrogens is 396 g/mol. The van der Waals surface area contributed by atoms with E-state index in [2.05, 4.69) is 19.8 Å². The summed E-state index contributed by atoms with van der Waals surface area (Å²) in [5.41, 5.74) is 2.02. The number of nitrogens with zero attached hydrogens (tertiary/aromatic N) is 3. The maximum Gasteiger partial charge on any atom is 0.271 e. The molecule has 0 spiro atoms. The van der Waals surface area contributed by atoms with E-state index in [0.717, 1.165) is 16.0 Å². The topological polar surface area (TPSA) is 98.0 Å². The Balaban J connectivity index is 1.58. The summed E-state index contributed by atoms with van der Waals surface area (Å²) in [5, 5.41) is 3.99. The van der Waals surface area contributed by atoms with E-state index in [1.165, 1.54) is 11.3 Å². The third kappa shape index (κ3) is 3.95. The van der Waals surface area contributed by atoms with Crippen molar-refractivity contribution >= 4 is 27.0 Å². The van der Waals surface area contributed by atoms with Gasteiger partial charge in [0.05, 0.1) is 12.1 Å². The summed E-state index contributed by atoms with van der Waals surface area (Å²) in [4.78, 5) is 9.29. The minimum absolute atomic E-state index is 0.276. The second-order valence-electron chi connectivity index (χ2n) is 6.05. The van der Waals surface area contributed by atoms with Crippen molar-refractivity contribution in [3.05, 3.63) is 77.3 Å². The van der Waals surface area contributed by atoms with Crippen LogP contribution in [0.1, 0.15) is 16.3 Å². The minimum Gasteiger partial charge on any atom is -0.339 e. The Morgan fingerprint density at radius 3 is 2.61 bits per heavy atom. The molecule has 0 saturated heterocycles. The van der Waals surface area contributed by atoms with Gasteiger partial charge in [-0.3, -0.25) is 9.71 Å².